The molecule has 0 spiro atoms. The monoisotopic (exact) mass is 396 g/mol. The van der Waals surface area contributed by atoms with Gasteiger partial charge in [-0.3, -0.25) is 9.78 Å². The highest BCUT2D eigenvalue weighted by Gasteiger charge is 2.23. The predicted octanol–water partition coefficient (Wildman–Crippen LogP) is 5.00. The SMILES string of the molecule is Cc1ccc(Cl)cc1NC(=O)C(C)OC(=O)c1c(C)nc2ccccc2c1C. The Kier molecular flexibility index (Phi) is 5.66. The van der Waals surface area contributed by atoms with E-state index >= 15 is 0 Å². The third kappa shape index (κ3) is 3.99. The first-order valence-corrected chi connectivity index (χ1v) is 9.29. The molecule has 0 aliphatic carbocycles. The lowest BCUT2D eigenvalue weighted by atomic mass is 10.0. The van der Waals surface area contributed by atoms with Gasteiger partial charge >= 0.3 is 5.97 Å². The van der Waals surface area contributed by atoms with Crippen LogP contribution in [0.15, 0.2) is 42.5 Å². The number of amides is 1. The number of carbonyl (C=O) groups is 2. The summed E-state index contributed by atoms with van der Waals surface area (Å²) in [6.07, 6.45) is -0.976. The molecule has 1 atom stereocenters. The molecule has 1 heterocycles. The maximum atomic E-state index is 12.8. The Balaban J connectivity index is 1.80. The van der Waals surface area contributed by atoms with Gasteiger partial charge in [0.25, 0.3) is 5.91 Å². The van der Waals surface area contributed by atoms with Crippen molar-refractivity contribution in [2.24, 2.45) is 0 Å². The fourth-order valence-corrected chi connectivity index (χ4v) is 3.24. The summed E-state index contributed by atoms with van der Waals surface area (Å²) < 4.78 is 5.43. The van der Waals surface area contributed by atoms with Crippen molar-refractivity contribution in [3.8, 4) is 0 Å². The van der Waals surface area contributed by atoms with E-state index in [1.54, 1.807) is 19.1 Å². The third-order valence-corrected chi connectivity index (χ3v) is 4.88. The quantitative estimate of drug-likeness (QED) is 0.630. The first-order valence-electron chi connectivity index (χ1n) is 8.92. The zero-order chi connectivity index (χ0) is 20.4. The van der Waals surface area contributed by atoms with Gasteiger partial charge in [0.15, 0.2) is 6.10 Å². The Morgan fingerprint density at radius 2 is 1.82 bits per heavy atom. The average molecular weight is 397 g/mol. The van der Waals surface area contributed by atoms with E-state index < -0.39 is 18.0 Å². The number of hydrogen-bond acceptors (Lipinski definition) is 4. The van der Waals surface area contributed by atoms with Gasteiger partial charge in [-0.15, -0.1) is 0 Å². The lowest BCUT2D eigenvalue weighted by molar-refractivity contribution is -0.123. The van der Waals surface area contributed by atoms with Crippen molar-refractivity contribution in [1.82, 2.24) is 4.98 Å². The molecule has 0 bridgehead atoms. The van der Waals surface area contributed by atoms with Crippen LogP contribution in [0.1, 0.15) is 34.1 Å². The zero-order valence-corrected chi connectivity index (χ0v) is 16.9. The Morgan fingerprint density at radius 1 is 1.11 bits per heavy atom. The van der Waals surface area contributed by atoms with Gasteiger partial charge < -0.3 is 10.1 Å². The van der Waals surface area contributed by atoms with Crippen LogP contribution in [0.4, 0.5) is 5.69 Å². The number of carbonyl (C=O) groups excluding carboxylic acids is 2. The van der Waals surface area contributed by atoms with Crippen LogP contribution in [0.5, 0.6) is 0 Å². The molecule has 0 aliphatic rings. The fourth-order valence-electron chi connectivity index (χ4n) is 3.07. The van der Waals surface area contributed by atoms with E-state index in [0.29, 0.717) is 22.0 Å². The summed E-state index contributed by atoms with van der Waals surface area (Å²) in [5.74, 6) is -0.999. The topological polar surface area (TPSA) is 68.3 Å². The summed E-state index contributed by atoms with van der Waals surface area (Å²) in [5, 5.41) is 4.14. The lowest BCUT2D eigenvalue weighted by Crippen LogP contribution is -2.30. The molecule has 144 valence electrons. The van der Waals surface area contributed by atoms with E-state index in [9.17, 15) is 9.59 Å². The van der Waals surface area contributed by atoms with E-state index in [0.717, 1.165) is 22.0 Å². The number of para-hydroxylation sites is 1. The normalized spacial score (nSPS) is 11.9. The van der Waals surface area contributed by atoms with Crippen LogP contribution in [0, 0.1) is 20.8 Å². The van der Waals surface area contributed by atoms with Crippen LogP contribution >= 0.6 is 11.6 Å². The van der Waals surface area contributed by atoms with Crippen LogP contribution in [0.25, 0.3) is 10.9 Å². The van der Waals surface area contributed by atoms with E-state index in [2.05, 4.69) is 10.3 Å². The number of rotatable bonds is 4. The summed E-state index contributed by atoms with van der Waals surface area (Å²) in [4.78, 5) is 29.7. The van der Waals surface area contributed by atoms with Gasteiger partial charge in [0.2, 0.25) is 0 Å². The number of nitrogens with one attached hydrogen (secondary N) is 1. The molecule has 28 heavy (non-hydrogen) atoms. The molecule has 1 aromatic heterocycles. The number of hydrogen-bond donors (Lipinski definition) is 1. The fraction of sp³-hybridized carbons (Fsp3) is 0.227. The molecule has 0 fully saturated rings. The number of aromatic nitrogens is 1. The Morgan fingerprint density at radius 3 is 2.57 bits per heavy atom. The first-order chi connectivity index (χ1) is 13.3. The van der Waals surface area contributed by atoms with Crippen LogP contribution in [-0.2, 0) is 9.53 Å². The Hall–Kier alpha value is -2.92. The molecule has 0 radical (unpaired) electrons. The summed E-state index contributed by atoms with van der Waals surface area (Å²) >= 11 is 5.98. The maximum absolute atomic E-state index is 12.8. The maximum Gasteiger partial charge on any atom is 0.341 e. The predicted molar refractivity (Wildman–Crippen MR) is 111 cm³/mol. The van der Waals surface area contributed by atoms with Gasteiger partial charge in [-0.25, -0.2) is 4.79 Å². The number of pyridine rings is 1. The van der Waals surface area contributed by atoms with Crippen molar-refractivity contribution < 1.29 is 14.3 Å². The van der Waals surface area contributed by atoms with Crippen molar-refractivity contribution in [2.45, 2.75) is 33.8 Å². The van der Waals surface area contributed by atoms with Gasteiger partial charge in [0.1, 0.15) is 0 Å². The van der Waals surface area contributed by atoms with Gasteiger partial charge in [-0.05, 0) is 57.0 Å². The highest BCUT2D eigenvalue weighted by Crippen LogP contribution is 2.24. The molecule has 5 nitrogen and oxygen atoms in total. The summed E-state index contributed by atoms with van der Waals surface area (Å²) in [7, 11) is 0. The molecule has 1 unspecified atom stereocenters. The smallest absolute Gasteiger partial charge is 0.341 e. The largest absolute Gasteiger partial charge is 0.449 e. The van der Waals surface area contributed by atoms with Crippen LogP contribution < -0.4 is 5.32 Å². The van der Waals surface area contributed by atoms with Crippen LogP contribution in [0.3, 0.4) is 0 Å². The second-order valence-electron chi connectivity index (χ2n) is 6.71. The van der Waals surface area contributed by atoms with Crippen LogP contribution in [-0.4, -0.2) is 23.0 Å². The molecule has 0 aliphatic heterocycles. The number of anilines is 1. The number of ether oxygens (including phenoxy) is 1. The minimum atomic E-state index is -0.976. The Bertz CT molecular complexity index is 1080. The molecule has 1 N–H and O–H groups in total. The number of aryl methyl sites for hydroxylation is 3. The van der Waals surface area contributed by atoms with Gasteiger partial charge in [-0.1, -0.05) is 35.9 Å². The molecule has 0 saturated heterocycles. The molecular formula is C22H21ClN2O3. The molecule has 3 aromatic rings. The zero-order valence-electron chi connectivity index (χ0n) is 16.2. The van der Waals surface area contributed by atoms with E-state index in [4.69, 9.17) is 16.3 Å². The third-order valence-electron chi connectivity index (χ3n) is 4.65. The van der Waals surface area contributed by atoms with Gasteiger partial charge in [0, 0.05) is 16.1 Å². The lowest BCUT2D eigenvalue weighted by Gasteiger charge is -2.17. The van der Waals surface area contributed by atoms with Crippen LogP contribution in [0.2, 0.25) is 5.02 Å². The van der Waals surface area contributed by atoms with Gasteiger partial charge in [-0.2, -0.15) is 0 Å². The van der Waals surface area contributed by atoms with E-state index in [1.807, 2.05) is 44.2 Å². The number of halogens is 1. The summed E-state index contributed by atoms with van der Waals surface area (Å²) in [6.45, 7) is 7.01. The molecule has 3 rings (SSSR count). The first kappa shape index (κ1) is 19.8. The molecule has 2 aromatic carbocycles. The number of nitrogens with zero attached hydrogens (tertiary/aromatic N) is 1. The molecule has 0 saturated carbocycles. The highest BCUT2D eigenvalue weighted by molar-refractivity contribution is 6.31. The van der Waals surface area contributed by atoms with Crippen molar-refractivity contribution in [1.29, 1.82) is 0 Å². The second-order valence-corrected chi connectivity index (χ2v) is 7.15. The minimum absolute atomic E-state index is 0.386. The molecular weight excluding hydrogens is 376 g/mol. The molecule has 6 heteroatoms. The van der Waals surface area contributed by atoms with Crippen molar-refractivity contribution in [2.75, 3.05) is 5.32 Å². The molecule has 1 amide bonds. The van der Waals surface area contributed by atoms with Crippen molar-refractivity contribution in [3.63, 3.8) is 0 Å². The van der Waals surface area contributed by atoms with Gasteiger partial charge in [0.05, 0.1) is 16.8 Å². The van der Waals surface area contributed by atoms with E-state index in [1.165, 1.54) is 6.92 Å². The number of esters is 1. The average Bonchev–Trinajstić information content (AvgIpc) is 2.64. The van der Waals surface area contributed by atoms with E-state index in [-0.39, 0.29) is 0 Å². The highest BCUT2D eigenvalue weighted by atomic mass is 35.5. The summed E-state index contributed by atoms with van der Waals surface area (Å²) in [5.41, 5.74) is 4.00. The van der Waals surface area contributed by atoms with Crippen molar-refractivity contribution in [3.05, 3.63) is 69.9 Å². The van der Waals surface area contributed by atoms with Crippen molar-refractivity contribution >= 4 is 40.1 Å². The minimum Gasteiger partial charge on any atom is -0.449 e. The number of fused-ring (bicyclic) bond motifs is 1. The summed E-state index contributed by atoms with van der Waals surface area (Å²) in [6, 6.07) is 12.8. The standard InChI is InChI=1S/C22H21ClN2O3/c1-12-9-10-16(23)11-19(12)25-21(26)15(4)28-22(27)20-13(2)17-7-5-6-8-18(17)24-14(20)3/h5-11,15H,1-4H3,(H,25,26). The number of benzene rings is 2. The Labute approximate surface area is 168 Å². The second kappa shape index (κ2) is 7.98.